The van der Waals surface area contributed by atoms with E-state index in [0.717, 1.165) is 6.07 Å². The van der Waals surface area contributed by atoms with Crippen LogP contribution in [0.15, 0.2) is 58.3 Å². The van der Waals surface area contributed by atoms with Gasteiger partial charge in [-0.3, -0.25) is 14.5 Å². The summed E-state index contributed by atoms with van der Waals surface area (Å²) in [5, 5.41) is 5.25. The second-order valence-electron chi connectivity index (χ2n) is 7.90. The number of carbonyl (C=O) groups is 3. The summed E-state index contributed by atoms with van der Waals surface area (Å²) in [6, 6.07) is 6.47. The summed E-state index contributed by atoms with van der Waals surface area (Å²) in [6.45, 7) is 2.24. The van der Waals surface area contributed by atoms with E-state index in [1.54, 1.807) is 19.1 Å². The lowest BCUT2D eigenvalue weighted by molar-refractivity contribution is -0.138. The first-order chi connectivity index (χ1) is 16.2. The molecule has 180 valence electrons. The number of halogens is 3. The molecule has 11 heteroatoms. The van der Waals surface area contributed by atoms with Crippen LogP contribution < -0.4 is 10.6 Å². The first-order valence-corrected chi connectivity index (χ1v) is 10.8. The molecule has 0 spiro atoms. The largest absolute Gasteiger partial charge is 0.467 e. The third-order valence-electron chi connectivity index (χ3n) is 5.84. The molecule has 0 fully saturated rings. The molecule has 1 aromatic carbocycles. The van der Waals surface area contributed by atoms with Crippen molar-refractivity contribution in [2.24, 2.45) is 0 Å². The van der Waals surface area contributed by atoms with Crippen molar-refractivity contribution >= 4 is 17.8 Å². The number of likely N-dealkylation sites (N-methyl/N-ethyl adjacent to an activating group) is 1. The van der Waals surface area contributed by atoms with Gasteiger partial charge in [-0.2, -0.15) is 13.2 Å². The number of hydrogen-bond acceptors (Lipinski definition) is 4. The fourth-order valence-electron chi connectivity index (χ4n) is 4.23. The molecule has 0 saturated heterocycles. The number of hydrogen-bond donors (Lipinski definition) is 2. The quantitative estimate of drug-likeness (QED) is 0.642. The average molecular weight is 476 g/mol. The van der Waals surface area contributed by atoms with Crippen molar-refractivity contribution in [3.8, 4) is 0 Å². The van der Waals surface area contributed by atoms with E-state index < -0.39 is 29.7 Å². The smallest absolute Gasteiger partial charge is 0.416 e. The highest BCUT2D eigenvalue weighted by molar-refractivity contribution is 6.01. The maximum Gasteiger partial charge on any atom is 0.416 e. The Labute approximate surface area is 193 Å². The van der Waals surface area contributed by atoms with Gasteiger partial charge in [0, 0.05) is 19.5 Å². The Morgan fingerprint density at radius 2 is 1.97 bits per heavy atom. The van der Waals surface area contributed by atoms with Crippen molar-refractivity contribution in [1.29, 1.82) is 0 Å². The van der Waals surface area contributed by atoms with Crippen LogP contribution in [0.3, 0.4) is 0 Å². The minimum atomic E-state index is -4.66. The van der Waals surface area contributed by atoms with Gasteiger partial charge in [-0.25, -0.2) is 4.79 Å². The van der Waals surface area contributed by atoms with Gasteiger partial charge in [-0.05, 0) is 30.7 Å². The molecule has 1 aromatic heterocycles. The van der Waals surface area contributed by atoms with E-state index >= 15 is 0 Å². The number of urea groups is 1. The van der Waals surface area contributed by atoms with Gasteiger partial charge in [0.25, 0.3) is 5.91 Å². The highest BCUT2D eigenvalue weighted by Crippen LogP contribution is 2.41. The molecule has 2 aliphatic rings. The zero-order valence-electron chi connectivity index (χ0n) is 18.3. The van der Waals surface area contributed by atoms with Gasteiger partial charge in [0.05, 0.1) is 42.2 Å². The summed E-state index contributed by atoms with van der Waals surface area (Å²) in [4.78, 5) is 40.9. The number of furan rings is 1. The normalized spacial score (nSPS) is 18.3. The molecule has 0 saturated carbocycles. The Balaban J connectivity index is 1.54. The summed E-state index contributed by atoms with van der Waals surface area (Å²) in [5.41, 5.74) is -0.665. The predicted octanol–water partition coefficient (Wildman–Crippen LogP) is 3.19. The lowest BCUT2D eigenvalue weighted by Gasteiger charge is -2.33. The van der Waals surface area contributed by atoms with Crippen LogP contribution in [0.2, 0.25) is 0 Å². The van der Waals surface area contributed by atoms with E-state index in [2.05, 4.69) is 10.6 Å². The van der Waals surface area contributed by atoms with Crippen molar-refractivity contribution in [1.82, 2.24) is 20.4 Å². The molecule has 4 amide bonds. The number of nitrogens with one attached hydrogen (secondary N) is 2. The predicted molar refractivity (Wildman–Crippen MR) is 114 cm³/mol. The van der Waals surface area contributed by atoms with Gasteiger partial charge >= 0.3 is 12.2 Å². The molecule has 2 N–H and O–H groups in total. The number of nitrogens with zero attached hydrogens (tertiary/aromatic N) is 2. The molecule has 0 bridgehead atoms. The van der Waals surface area contributed by atoms with Crippen LogP contribution >= 0.6 is 0 Å². The van der Waals surface area contributed by atoms with Gasteiger partial charge in [0.1, 0.15) is 5.76 Å². The van der Waals surface area contributed by atoms with Gasteiger partial charge in [-0.15, -0.1) is 0 Å². The number of carbonyl (C=O) groups excluding carboxylic acids is 3. The molecule has 34 heavy (non-hydrogen) atoms. The lowest BCUT2D eigenvalue weighted by Crippen LogP contribution is -2.47. The molecule has 2 aliphatic heterocycles. The zero-order chi connectivity index (χ0) is 24.5. The molecule has 1 unspecified atom stereocenters. The molecule has 1 atom stereocenters. The first-order valence-electron chi connectivity index (χ1n) is 10.8. The van der Waals surface area contributed by atoms with Gasteiger partial charge in [-0.1, -0.05) is 18.2 Å². The average Bonchev–Trinajstić information content (AvgIpc) is 3.43. The second kappa shape index (κ2) is 9.24. The molecule has 2 aromatic rings. The van der Waals surface area contributed by atoms with E-state index in [1.807, 2.05) is 0 Å². The molecule has 3 heterocycles. The highest BCUT2D eigenvalue weighted by atomic mass is 19.4. The molecule has 0 aliphatic carbocycles. The Kier molecular flexibility index (Phi) is 6.36. The van der Waals surface area contributed by atoms with E-state index in [1.165, 1.54) is 34.3 Å². The van der Waals surface area contributed by atoms with Crippen LogP contribution in [-0.2, 0) is 22.3 Å². The Morgan fingerprint density at radius 1 is 1.21 bits per heavy atom. The standard InChI is InChI=1S/C23H23F3N4O4/c1-2-30-17-13-29(10-9-18(31)27-12-14-6-5-11-34-14)21(32)19(17)20(28-22(30)33)15-7-3-4-8-16(15)23(24,25)26/h3-8,11,20H,2,9-10,12-13H2,1H3,(H,27,31)(H,28,33). The molecule has 0 radical (unpaired) electrons. The maximum absolute atomic E-state index is 13.7. The summed E-state index contributed by atoms with van der Waals surface area (Å²) in [6.07, 6.45) is -3.18. The van der Waals surface area contributed by atoms with Crippen LogP contribution in [-0.4, -0.2) is 47.3 Å². The van der Waals surface area contributed by atoms with Crippen molar-refractivity contribution in [3.05, 3.63) is 70.8 Å². The number of amides is 4. The van der Waals surface area contributed by atoms with Gasteiger partial charge in [0.15, 0.2) is 0 Å². The first kappa shape index (κ1) is 23.4. The Bertz CT molecular complexity index is 1130. The lowest BCUT2D eigenvalue weighted by atomic mass is 9.91. The second-order valence-corrected chi connectivity index (χ2v) is 7.90. The van der Waals surface area contributed by atoms with Crippen molar-refractivity contribution < 1.29 is 32.0 Å². The molecule has 8 nitrogen and oxygen atoms in total. The van der Waals surface area contributed by atoms with Crippen LogP contribution in [0, 0.1) is 0 Å². The maximum atomic E-state index is 13.7. The Morgan fingerprint density at radius 3 is 2.65 bits per heavy atom. The topological polar surface area (TPSA) is 94.9 Å². The van der Waals surface area contributed by atoms with E-state index in [-0.39, 0.29) is 49.6 Å². The molecular weight excluding hydrogens is 453 g/mol. The van der Waals surface area contributed by atoms with Crippen LogP contribution in [0.1, 0.15) is 36.3 Å². The Hall–Kier alpha value is -3.76. The fourth-order valence-corrected chi connectivity index (χ4v) is 4.23. The number of benzene rings is 1. The van der Waals surface area contributed by atoms with Crippen molar-refractivity contribution in [2.75, 3.05) is 19.6 Å². The third kappa shape index (κ3) is 4.50. The molecule has 4 rings (SSSR count). The van der Waals surface area contributed by atoms with Crippen LogP contribution in [0.5, 0.6) is 0 Å². The minimum Gasteiger partial charge on any atom is -0.467 e. The van der Waals surface area contributed by atoms with E-state index in [4.69, 9.17) is 4.42 Å². The SMILES string of the molecule is CCN1C(=O)NC(c2ccccc2C(F)(F)F)C2=C1CN(CCC(=O)NCc1ccco1)C2=O. The molecular formula is C23H23F3N4O4. The number of rotatable bonds is 7. The minimum absolute atomic E-state index is 0.00961. The summed E-state index contributed by atoms with van der Waals surface area (Å²) >= 11 is 0. The number of alkyl halides is 3. The highest BCUT2D eigenvalue weighted by Gasteiger charge is 2.46. The fraction of sp³-hybridized carbons (Fsp3) is 0.348. The monoisotopic (exact) mass is 476 g/mol. The third-order valence-corrected chi connectivity index (χ3v) is 5.84. The summed E-state index contributed by atoms with van der Waals surface area (Å²) < 4.78 is 46.1. The summed E-state index contributed by atoms with van der Waals surface area (Å²) in [5.74, 6) is -0.235. The van der Waals surface area contributed by atoms with Crippen molar-refractivity contribution in [2.45, 2.75) is 32.1 Å². The van der Waals surface area contributed by atoms with E-state index in [0.29, 0.717) is 11.5 Å². The zero-order valence-corrected chi connectivity index (χ0v) is 18.3. The van der Waals surface area contributed by atoms with E-state index in [9.17, 15) is 27.6 Å². The van der Waals surface area contributed by atoms with Crippen LogP contribution in [0.25, 0.3) is 0 Å². The van der Waals surface area contributed by atoms with Gasteiger partial charge in [0.2, 0.25) is 5.91 Å². The summed E-state index contributed by atoms with van der Waals surface area (Å²) in [7, 11) is 0. The van der Waals surface area contributed by atoms with Gasteiger partial charge < -0.3 is 20.0 Å². The van der Waals surface area contributed by atoms with Crippen molar-refractivity contribution in [3.63, 3.8) is 0 Å². The van der Waals surface area contributed by atoms with Crippen LogP contribution in [0.4, 0.5) is 18.0 Å².